The zero-order chi connectivity index (χ0) is 14.5. The molecule has 2 aromatic carbocycles. The summed E-state index contributed by atoms with van der Waals surface area (Å²) in [5.74, 6) is 0.424. The Morgan fingerprint density at radius 3 is 2.25 bits per heavy atom. The van der Waals surface area contributed by atoms with Crippen LogP contribution >= 0.6 is 0 Å². The molecule has 0 amide bonds. The molecule has 2 heteroatoms. The van der Waals surface area contributed by atoms with E-state index in [1.54, 1.807) is 12.1 Å². The Kier molecular flexibility index (Phi) is 4.91. The van der Waals surface area contributed by atoms with Gasteiger partial charge in [-0.25, -0.2) is 4.39 Å². The molecule has 1 nitrogen and oxygen atoms in total. The van der Waals surface area contributed by atoms with E-state index < -0.39 is 0 Å². The number of halogens is 1. The Morgan fingerprint density at radius 2 is 1.60 bits per heavy atom. The molecule has 1 atom stereocenters. The van der Waals surface area contributed by atoms with Crippen molar-refractivity contribution in [2.75, 3.05) is 0 Å². The van der Waals surface area contributed by atoms with Gasteiger partial charge in [0.15, 0.2) is 0 Å². The summed E-state index contributed by atoms with van der Waals surface area (Å²) in [5, 5.41) is 0. The Balaban J connectivity index is 2.10. The fraction of sp³-hybridized carbons (Fsp3) is 0.333. The molecule has 1 unspecified atom stereocenters. The van der Waals surface area contributed by atoms with Gasteiger partial charge in [-0.3, -0.25) is 0 Å². The summed E-state index contributed by atoms with van der Waals surface area (Å²) >= 11 is 0. The number of rotatable bonds is 5. The van der Waals surface area contributed by atoms with Crippen LogP contribution in [0.2, 0.25) is 0 Å². The van der Waals surface area contributed by atoms with Crippen LogP contribution in [-0.4, -0.2) is 0 Å². The average Bonchev–Trinajstić information content (AvgIpc) is 2.38. The lowest BCUT2D eigenvalue weighted by atomic mass is 9.95. The molecule has 2 rings (SSSR count). The summed E-state index contributed by atoms with van der Waals surface area (Å²) in [4.78, 5) is 0. The van der Waals surface area contributed by atoms with Gasteiger partial charge in [-0.05, 0) is 47.6 Å². The van der Waals surface area contributed by atoms with Crippen molar-refractivity contribution in [2.24, 2.45) is 11.7 Å². The maximum absolute atomic E-state index is 13.2. The lowest BCUT2D eigenvalue weighted by Gasteiger charge is -2.14. The zero-order valence-electron chi connectivity index (χ0n) is 12.1. The largest absolute Gasteiger partial charge is 0.324 e. The number of hydrogen-bond donors (Lipinski definition) is 1. The molecule has 0 heterocycles. The third kappa shape index (κ3) is 4.17. The third-order valence-corrected chi connectivity index (χ3v) is 3.37. The van der Waals surface area contributed by atoms with Gasteiger partial charge < -0.3 is 5.73 Å². The van der Waals surface area contributed by atoms with Gasteiger partial charge in [0.1, 0.15) is 5.82 Å². The SMILES string of the molecule is CC(C)Cc1cccc(C(N)Cc2cccc(F)c2)c1. The quantitative estimate of drug-likeness (QED) is 0.863. The lowest BCUT2D eigenvalue weighted by Crippen LogP contribution is -2.13. The van der Waals surface area contributed by atoms with E-state index in [2.05, 4.69) is 32.0 Å². The van der Waals surface area contributed by atoms with E-state index >= 15 is 0 Å². The highest BCUT2D eigenvalue weighted by Gasteiger charge is 2.09. The van der Waals surface area contributed by atoms with Crippen molar-refractivity contribution in [3.8, 4) is 0 Å². The van der Waals surface area contributed by atoms with Crippen LogP contribution in [0, 0.1) is 11.7 Å². The van der Waals surface area contributed by atoms with Crippen LogP contribution < -0.4 is 5.73 Å². The van der Waals surface area contributed by atoms with Gasteiger partial charge in [0.05, 0.1) is 0 Å². The van der Waals surface area contributed by atoms with Crippen LogP contribution in [0.15, 0.2) is 48.5 Å². The highest BCUT2D eigenvalue weighted by Crippen LogP contribution is 2.19. The van der Waals surface area contributed by atoms with Gasteiger partial charge >= 0.3 is 0 Å². The van der Waals surface area contributed by atoms with Crippen molar-refractivity contribution in [3.63, 3.8) is 0 Å². The summed E-state index contributed by atoms with van der Waals surface area (Å²) in [6.45, 7) is 4.42. The van der Waals surface area contributed by atoms with E-state index in [-0.39, 0.29) is 11.9 Å². The highest BCUT2D eigenvalue weighted by atomic mass is 19.1. The fourth-order valence-corrected chi connectivity index (χ4v) is 2.46. The second-order valence-electron chi connectivity index (χ2n) is 5.78. The molecule has 2 N–H and O–H groups in total. The van der Waals surface area contributed by atoms with Crippen LogP contribution in [0.5, 0.6) is 0 Å². The van der Waals surface area contributed by atoms with Crippen molar-refractivity contribution in [3.05, 3.63) is 71.0 Å². The first kappa shape index (κ1) is 14.7. The first-order valence-corrected chi connectivity index (χ1v) is 7.13. The maximum atomic E-state index is 13.2. The van der Waals surface area contributed by atoms with Gasteiger partial charge in [0, 0.05) is 6.04 Å². The van der Waals surface area contributed by atoms with E-state index in [1.807, 2.05) is 12.1 Å². The third-order valence-electron chi connectivity index (χ3n) is 3.37. The van der Waals surface area contributed by atoms with Crippen molar-refractivity contribution < 1.29 is 4.39 Å². The van der Waals surface area contributed by atoms with Crippen LogP contribution in [0.4, 0.5) is 4.39 Å². The Morgan fingerprint density at radius 1 is 0.950 bits per heavy atom. The molecule has 0 fully saturated rings. The van der Waals surface area contributed by atoms with Gasteiger partial charge in [-0.15, -0.1) is 0 Å². The normalized spacial score (nSPS) is 12.7. The number of nitrogens with two attached hydrogens (primary N) is 1. The van der Waals surface area contributed by atoms with Gasteiger partial charge in [-0.2, -0.15) is 0 Å². The van der Waals surface area contributed by atoms with Crippen molar-refractivity contribution in [1.29, 1.82) is 0 Å². The van der Waals surface area contributed by atoms with E-state index in [4.69, 9.17) is 5.73 Å². The summed E-state index contributed by atoms with van der Waals surface area (Å²) in [7, 11) is 0. The lowest BCUT2D eigenvalue weighted by molar-refractivity contribution is 0.621. The zero-order valence-corrected chi connectivity index (χ0v) is 12.1. The second-order valence-corrected chi connectivity index (χ2v) is 5.78. The molecular formula is C18H22FN. The predicted octanol–water partition coefficient (Wildman–Crippen LogP) is 4.27. The molecule has 0 aromatic heterocycles. The second kappa shape index (κ2) is 6.67. The number of benzene rings is 2. The topological polar surface area (TPSA) is 26.0 Å². The summed E-state index contributed by atoms with van der Waals surface area (Å²) < 4.78 is 13.2. The van der Waals surface area contributed by atoms with Gasteiger partial charge in [0.25, 0.3) is 0 Å². The summed E-state index contributed by atoms with van der Waals surface area (Å²) in [5.41, 5.74) is 9.62. The molecule has 0 saturated carbocycles. The standard InChI is InChI=1S/C18H22FN/c1-13(2)9-14-5-3-7-16(10-14)18(20)12-15-6-4-8-17(19)11-15/h3-8,10-11,13,18H,9,12,20H2,1-2H3. The van der Waals surface area contributed by atoms with Crippen molar-refractivity contribution in [1.82, 2.24) is 0 Å². The summed E-state index contributed by atoms with van der Waals surface area (Å²) in [6.07, 6.45) is 1.71. The van der Waals surface area contributed by atoms with Gasteiger partial charge in [-0.1, -0.05) is 50.2 Å². The highest BCUT2D eigenvalue weighted by molar-refractivity contribution is 5.28. The van der Waals surface area contributed by atoms with Gasteiger partial charge in [0.2, 0.25) is 0 Å². The Labute approximate surface area is 120 Å². The van der Waals surface area contributed by atoms with E-state index in [1.165, 1.54) is 11.6 Å². The van der Waals surface area contributed by atoms with E-state index in [9.17, 15) is 4.39 Å². The molecule has 0 aliphatic heterocycles. The summed E-state index contributed by atoms with van der Waals surface area (Å²) in [6, 6.07) is 15.0. The molecule has 0 aliphatic carbocycles. The molecule has 0 radical (unpaired) electrons. The minimum absolute atomic E-state index is 0.0936. The van der Waals surface area contributed by atoms with E-state index in [0.717, 1.165) is 17.5 Å². The van der Waals surface area contributed by atoms with Crippen molar-refractivity contribution >= 4 is 0 Å². The Hall–Kier alpha value is -1.67. The van der Waals surface area contributed by atoms with Crippen LogP contribution in [0.25, 0.3) is 0 Å². The first-order valence-electron chi connectivity index (χ1n) is 7.13. The monoisotopic (exact) mass is 271 g/mol. The average molecular weight is 271 g/mol. The predicted molar refractivity (Wildman–Crippen MR) is 82.0 cm³/mol. The molecular weight excluding hydrogens is 249 g/mol. The molecule has 0 aliphatic rings. The molecule has 106 valence electrons. The molecule has 0 spiro atoms. The van der Waals surface area contributed by atoms with Crippen LogP contribution in [0.3, 0.4) is 0 Å². The molecule has 0 saturated heterocycles. The molecule has 20 heavy (non-hydrogen) atoms. The fourth-order valence-electron chi connectivity index (χ4n) is 2.46. The first-order chi connectivity index (χ1) is 9.54. The van der Waals surface area contributed by atoms with E-state index in [0.29, 0.717) is 12.3 Å². The molecule has 0 bridgehead atoms. The smallest absolute Gasteiger partial charge is 0.123 e. The minimum atomic E-state index is -0.205. The maximum Gasteiger partial charge on any atom is 0.123 e. The Bertz CT molecular complexity index is 563. The van der Waals surface area contributed by atoms with Crippen LogP contribution in [-0.2, 0) is 12.8 Å². The van der Waals surface area contributed by atoms with Crippen molar-refractivity contribution in [2.45, 2.75) is 32.7 Å². The van der Waals surface area contributed by atoms with Crippen LogP contribution in [0.1, 0.15) is 36.6 Å². The number of hydrogen-bond acceptors (Lipinski definition) is 1. The molecule has 2 aromatic rings. The minimum Gasteiger partial charge on any atom is -0.324 e.